The fourth-order valence-electron chi connectivity index (χ4n) is 4.76. The molecule has 0 unspecified atom stereocenters. The summed E-state index contributed by atoms with van der Waals surface area (Å²) < 4.78 is 0. The zero-order chi connectivity index (χ0) is 19.5. The fraction of sp³-hybridized carbons (Fsp3) is 0.565. The number of H-pyrrole nitrogens is 1. The number of hydrogen-bond acceptors (Lipinski definition) is 2. The van der Waals surface area contributed by atoms with Crippen LogP contribution < -0.4 is 10.9 Å². The molecule has 2 saturated carbocycles. The number of aromatic amines is 1. The van der Waals surface area contributed by atoms with E-state index in [9.17, 15) is 9.59 Å². The van der Waals surface area contributed by atoms with Gasteiger partial charge in [0.05, 0.1) is 6.54 Å². The van der Waals surface area contributed by atoms with Gasteiger partial charge >= 0.3 is 6.03 Å². The molecular formula is C23H31N3O2. The Bertz CT molecular complexity index is 892. The van der Waals surface area contributed by atoms with Gasteiger partial charge in [-0.1, -0.05) is 43.7 Å². The van der Waals surface area contributed by atoms with Crippen LogP contribution in [-0.4, -0.2) is 28.0 Å². The molecule has 2 N–H and O–H groups in total. The molecule has 1 heterocycles. The van der Waals surface area contributed by atoms with Gasteiger partial charge in [0.2, 0.25) is 0 Å². The van der Waals surface area contributed by atoms with Crippen LogP contribution in [0.2, 0.25) is 0 Å². The highest BCUT2D eigenvalue weighted by atomic mass is 16.2. The molecule has 0 saturated heterocycles. The monoisotopic (exact) mass is 381 g/mol. The van der Waals surface area contributed by atoms with Crippen LogP contribution in [0.1, 0.15) is 68.9 Å². The van der Waals surface area contributed by atoms with Gasteiger partial charge < -0.3 is 15.2 Å². The Labute approximate surface area is 166 Å². The summed E-state index contributed by atoms with van der Waals surface area (Å²) in [7, 11) is 0. The van der Waals surface area contributed by atoms with Crippen molar-refractivity contribution in [3.05, 3.63) is 45.7 Å². The molecule has 0 radical (unpaired) electrons. The van der Waals surface area contributed by atoms with E-state index in [1.54, 1.807) is 0 Å². The fourth-order valence-corrected chi connectivity index (χ4v) is 4.76. The van der Waals surface area contributed by atoms with E-state index < -0.39 is 0 Å². The lowest BCUT2D eigenvalue weighted by Crippen LogP contribution is -2.49. The third-order valence-corrected chi connectivity index (χ3v) is 6.38. The normalized spacial score (nSPS) is 18.5. The predicted octanol–water partition coefficient (Wildman–Crippen LogP) is 4.62. The van der Waals surface area contributed by atoms with Crippen molar-refractivity contribution in [2.24, 2.45) is 0 Å². The molecule has 1 aromatic heterocycles. The molecule has 2 amide bonds. The van der Waals surface area contributed by atoms with Crippen LogP contribution in [0.25, 0.3) is 10.9 Å². The van der Waals surface area contributed by atoms with Crippen molar-refractivity contribution in [3.8, 4) is 0 Å². The number of amides is 2. The molecule has 2 aromatic rings. The minimum absolute atomic E-state index is 0.00235. The average molecular weight is 382 g/mol. The molecular weight excluding hydrogens is 350 g/mol. The summed E-state index contributed by atoms with van der Waals surface area (Å²) in [6.07, 6.45) is 10.2. The van der Waals surface area contributed by atoms with Crippen molar-refractivity contribution in [3.63, 3.8) is 0 Å². The third kappa shape index (κ3) is 4.23. The summed E-state index contributed by atoms with van der Waals surface area (Å²) in [6, 6.07) is 8.50. The number of carbonyl (C=O) groups is 1. The summed E-state index contributed by atoms with van der Waals surface area (Å²) in [6.45, 7) is 2.43. The number of benzene rings is 1. The van der Waals surface area contributed by atoms with Crippen LogP contribution in [0, 0.1) is 6.92 Å². The molecule has 0 aliphatic heterocycles. The summed E-state index contributed by atoms with van der Waals surface area (Å²) in [4.78, 5) is 30.7. The molecule has 150 valence electrons. The van der Waals surface area contributed by atoms with Gasteiger partial charge in [-0.05, 0) is 56.2 Å². The molecule has 0 bridgehead atoms. The molecule has 5 nitrogen and oxygen atoms in total. The lowest BCUT2D eigenvalue weighted by atomic mass is 9.96. The van der Waals surface area contributed by atoms with Gasteiger partial charge in [0.15, 0.2) is 0 Å². The number of nitrogens with one attached hydrogen (secondary N) is 2. The van der Waals surface area contributed by atoms with E-state index >= 15 is 0 Å². The van der Waals surface area contributed by atoms with Gasteiger partial charge in [-0.3, -0.25) is 4.79 Å². The molecule has 28 heavy (non-hydrogen) atoms. The van der Waals surface area contributed by atoms with E-state index in [-0.39, 0.29) is 23.7 Å². The Morgan fingerprint density at radius 1 is 1.07 bits per heavy atom. The van der Waals surface area contributed by atoms with Crippen LogP contribution in [-0.2, 0) is 6.54 Å². The maximum Gasteiger partial charge on any atom is 0.318 e. The molecule has 0 spiro atoms. The number of hydrogen-bond donors (Lipinski definition) is 2. The lowest BCUT2D eigenvalue weighted by molar-refractivity contribution is 0.164. The minimum atomic E-state index is -0.0928. The number of rotatable bonds is 4. The second-order valence-electron chi connectivity index (χ2n) is 8.57. The molecule has 2 aliphatic carbocycles. The maximum absolute atomic E-state index is 13.1. The smallest absolute Gasteiger partial charge is 0.318 e. The second-order valence-corrected chi connectivity index (χ2v) is 8.57. The van der Waals surface area contributed by atoms with Crippen molar-refractivity contribution in [1.29, 1.82) is 0 Å². The molecule has 1 aromatic carbocycles. The average Bonchev–Trinajstić information content (AvgIpc) is 3.21. The zero-order valence-corrected chi connectivity index (χ0v) is 16.8. The summed E-state index contributed by atoms with van der Waals surface area (Å²) in [5.74, 6) is 0. The lowest BCUT2D eigenvalue weighted by Gasteiger charge is -2.32. The number of nitrogens with zero attached hydrogens (tertiary/aromatic N) is 1. The van der Waals surface area contributed by atoms with Crippen LogP contribution in [0.3, 0.4) is 0 Å². The van der Waals surface area contributed by atoms with Gasteiger partial charge in [0.1, 0.15) is 0 Å². The van der Waals surface area contributed by atoms with Crippen LogP contribution >= 0.6 is 0 Å². The highest BCUT2D eigenvalue weighted by molar-refractivity contribution is 5.80. The summed E-state index contributed by atoms with van der Waals surface area (Å²) >= 11 is 0. The molecule has 5 heteroatoms. The van der Waals surface area contributed by atoms with E-state index in [4.69, 9.17) is 0 Å². The van der Waals surface area contributed by atoms with Crippen molar-refractivity contribution >= 4 is 16.9 Å². The van der Waals surface area contributed by atoms with Crippen LogP contribution in [0.5, 0.6) is 0 Å². The first-order valence-electron chi connectivity index (χ1n) is 10.8. The first kappa shape index (κ1) is 19.0. The highest BCUT2D eigenvalue weighted by Crippen LogP contribution is 2.26. The largest absolute Gasteiger partial charge is 0.335 e. The van der Waals surface area contributed by atoms with E-state index in [0.717, 1.165) is 55.0 Å². The van der Waals surface area contributed by atoms with Crippen molar-refractivity contribution < 1.29 is 4.79 Å². The number of urea groups is 1. The van der Waals surface area contributed by atoms with E-state index in [0.29, 0.717) is 12.1 Å². The quantitative estimate of drug-likeness (QED) is 0.811. The Morgan fingerprint density at radius 3 is 2.54 bits per heavy atom. The predicted molar refractivity (Wildman–Crippen MR) is 113 cm³/mol. The Hall–Kier alpha value is -2.30. The standard InChI is InChI=1S/C23H31N3O2/c1-16-11-12-21-17(13-16)14-18(22(27)25-21)15-26(20-9-5-6-10-20)23(28)24-19-7-3-2-4-8-19/h11-14,19-20H,2-10,15H2,1H3,(H,24,28)(H,25,27). The van der Waals surface area contributed by atoms with Crippen molar-refractivity contribution in [1.82, 2.24) is 15.2 Å². The van der Waals surface area contributed by atoms with E-state index in [1.165, 1.54) is 19.3 Å². The Morgan fingerprint density at radius 2 is 1.79 bits per heavy atom. The van der Waals surface area contributed by atoms with Crippen molar-refractivity contribution in [2.75, 3.05) is 0 Å². The number of aryl methyl sites for hydroxylation is 1. The Kier molecular flexibility index (Phi) is 5.69. The SMILES string of the molecule is Cc1ccc2[nH]c(=O)c(CN(C(=O)NC3CCCCC3)C3CCCC3)cc2c1. The number of fused-ring (bicyclic) bond motifs is 1. The summed E-state index contributed by atoms with van der Waals surface area (Å²) in [5, 5.41) is 4.28. The van der Waals surface area contributed by atoms with Crippen molar-refractivity contribution in [2.45, 2.75) is 83.3 Å². The number of aromatic nitrogens is 1. The van der Waals surface area contributed by atoms with Gasteiger partial charge in [-0.15, -0.1) is 0 Å². The molecule has 2 fully saturated rings. The number of carbonyl (C=O) groups excluding carboxylic acids is 1. The van der Waals surface area contributed by atoms with Crippen LogP contribution in [0.4, 0.5) is 4.79 Å². The first-order chi connectivity index (χ1) is 13.6. The highest BCUT2D eigenvalue weighted by Gasteiger charge is 2.29. The Balaban J connectivity index is 1.58. The van der Waals surface area contributed by atoms with Gasteiger partial charge in [0, 0.05) is 23.2 Å². The topological polar surface area (TPSA) is 65.2 Å². The van der Waals surface area contributed by atoms with Gasteiger partial charge in [-0.25, -0.2) is 4.79 Å². The maximum atomic E-state index is 13.1. The third-order valence-electron chi connectivity index (χ3n) is 6.38. The number of pyridine rings is 1. The minimum Gasteiger partial charge on any atom is -0.335 e. The van der Waals surface area contributed by atoms with Gasteiger partial charge in [-0.2, -0.15) is 0 Å². The molecule has 2 aliphatic rings. The summed E-state index contributed by atoms with van der Waals surface area (Å²) in [5.41, 5.74) is 2.58. The van der Waals surface area contributed by atoms with E-state index in [1.807, 2.05) is 30.0 Å². The molecule has 4 rings (SSSR count). The van der Waals surface area contributed by atoms with E-state index in [2.05, 4.69) is 16.4 Å². The van der Waals surface area contributed by atoms with Crippen LogP contribution in [0.15, 0.2) is 29.1 Å². The zero-order valence-electron chi connectivity index (χ0n) is 16.8. The van der Waals surface area contributed by atoms with Gasteiger partial charge in [0.25, 0.3) is 5.56 Å². The first-order valence-corrected chi connectivity index (χ1v) is 10.8. The second kappa shape index (κ2) is 8.38. The molecule has 0 atom stereocenters.